The Balaban J connectivity index is 1.99. The van der Waals surface area contributed by atoms with Crippen LogP contribution in [0.3, 0.4) is 0 Å². The molecule has 2 heterocycles. The first-order valence-electron chi connectivity index (χ1n) is 9.63. The average Bonchev–Trinajstić information content (AvgIpc) is 3.16. The topological polar surface area (TPSA) is 86.2 Å². The van der Waals surface area contributed by atoms with E-state index in [0.29, 0.717) is 12.0 Å². The molecule has 3 rings (SSSR count). The number of aryl methyl sites for hydroxylation is 1. The molecule has 12 heteroatoms. The summed E-state index contributed by atoms with van der Waals surface area (Å²) in [6.45, 7) is 3.39. The lowest BCUT2D eigenvalue weighted by Crippen LogP contribution is -2.43. The lowest BCUT2D eigenvalue weighted by Gasteiger charge is -2.27. The van der Waals surface area contributed by atoms with E-state index < -0.39 is 36.2 Å². The number of nitrogens with zero attached hydrogens (tertiary/aromatic N) is 3. The van der Waals surface area contributed by atoms with Crippen molar-refractivity contribution in [2.24, 2.45) is 10.1 Å². The van der Waals surface area contributed by atoms with Crippen molar-refractivity contribution < 1.29 is 22.8 Å². The molecule has 0 aromatic heterocycles. The average molecular weight is 490 g/mol. The summed E-state index contributed by atoms with van der Waals surface area (Å²) in [5.41, 5.74) is -0.441. The maximum absolute atomic E-state index is 13.4. The van der Waals surface area contributed by atoms with Gasteiger partial charge in [-0.05, 0) is 38.0 Å². The molecule has 0 aliphatic carbocycles. The van der Waals surface area contributed by atoms with Crippen LogP contribution in [0.5, 0.6) is 0 Å². The first-order valence-corrected chi connectivity index (χ1v) is 10.4. The maximum atomic E-state index is 13.4. The Morgan fingerprint density at radius 3 is 2.56 bits per heavy atom. The minimum atomic E-state index is -4.73. The fraction of sp³-hybridized carbons (Fsp3) is 0.400. The number of hydrogen-bond donors (Lipinski definition) is 2. The summed E-state index contributed by atoms with van der Waals surface area (Å²) in [6, 6.07) is 1.28. The van der Waals surface area contributed by atoms with Crippen LogP contribution < -0.4 is 10.6 Å². The van der Waals surface area contributed by atoms with Gasteiger partial charge in [-0.2, -0.15) is 18.3 Å². The Labute approximate surface area is 192 Å². The summed E-state index contributed by atoms with van der Waals surface area (Å²) in [6.07, 6.45) is -3.29. The van der Waals surface area contributed by atoms with Gasteiger partial charge in [0.2, 0.25) is 5.91 Å². The number of anilines is 1. The number of dihydropyridines is 1. The zero-order chi connectivity index (χ0) is 23.8. The standard InChI is InChI=1S/C20H20Cl2F3N5O2/c1-9-6-11(21)7-12(18(31)26-3)16(9)28-19(32)14-8-15(20(23,24)25)29-30(14)17-13(22)5-4-10(2)27-17/h5-7,10,14H,4,8H2,1-3H3,(H,26,31)(H,28,32). The second-order valence-electron chi connectivity index (χ2n) is 7.41. The van der Waals surface area contributed by atoms with E-state index in [0.717, 1.165) is 5.01 Å². The molecule has 172 valence electrons. The van der Waals surface area contributed by atoms with E-state index >= 15 is 0 Å². The van der Waals surface area contributed by atoms with Gasteiger partial charge < -0.3 is 10.6 Å². The molecule has 0 bridgehead atoms. The van der Waals surface area contributed by atoms with Gasteiger partial charge in [0.1, 0.15) is 11.8 Å². The highest BCUT2D eigenvalue weighted by molar-refractivity contribution is 6.43. The minimum absolute atomic E-state index is 0.0100. The molecule has 2 N–H and O–H groups in total. The highest BCUT2D eigenvalue weighted by Crippen LogP contribution is 2.33. The van der Waals surface area contributed by atoms with Gasteiger partial charge in [-0.15, -0.1) is 0 Å². The van der Waals surface area contributed by atoms with Gasteiger partial charge in [-0.1, -0.05) is 29.3 Å². The summed E-state index contributed by atoms with van der Waals surface area (Å²) in [7, 11) is 1.41. The van der Waals surface area contributed by atoms with Crippen molar-refractivity contribution >= 4 is 52.3 Å². The number of hydrogen-bond acceptors (Lipinski definition) is 5. The van der Waals surface area contributed by atoms with Crippen LogP contribution in [0.25, 0.3) is 0 Å². The van der Waals surface area contributed by atoms with Gasteiger partial charge >= 0.3 is 6.18 Å². The van der Waals surface area contributed by atoms with Gasteiger partial charge in [0.15, 0.2) is 5.84 Å². The van der Waals surface area contributed by atoms with Crippen LogP contribution in [0.1, 0.15) is 35.7 Å². The van der Waals surface area contributed by atoms with E-state index in [-0.39, 0.29) is 33.2 Å². The molecule has 2 atom stereocenters. The molecule has 0 spiro atoms. The Bertz CT molecular complexity index is 1050. The van der Waals surface area contributed by atoms with E-state index in [1.165, 1.54) is 19.2 Å². The van der Waals surface area contributed by atoms with Crippen molar-refractivity contribution in [2.45, 2.75) is 44.9 Å². The normalized spacial score (nSPS) is 21.0. The molecule has 2 aliphatic rings. The Morgan fingerprint density at radius 2 is 1.94 bits per heavy atom. The molecule has 2 aliphatic heterocycles. The van der Waals surface area contributed by atoms with Gasteiger partial charge in [0, 0.05) is 18.5 Å². The van der Waals surface area contributed by atoms with E-state index in [2.05, 4.69) is 20.7 Å². The number of benzene rings is 1. The summed E-state index contributed by atoms with van der Waals surface area (Å²) in [4.78, 5) is 29.7. The highest BCUT2D eigenvalue weighted by Gasteiger charge is 2.47. The van der Waals surface area contributed by atoms with Crippen LogP contribution in [0.4, 0.5) is 18.9 Å². The van der Waals surface area contributed by atoms with E-state index in [1.54, 1.807) is 19.9 Å². The van der Waals surface area contributed by atoms with E-state index in [9.17, 15) is 22.8 Å². The smallest absolute Gasteiger partial charge is 0.355 e. The fourth-order valence-electron chi connectivity index (χ4n) is 3.37. The number of rotatable bonds is 3. The molecule has 0 saturated heterocycles. The van der Waals surface area contributed by atoms with Crippen molar-refractivity contribution in [3.63, 3.8) is 0 Å². The molecule has 0 fully saturated rings. The van der Waals surface area contributed by atoms with Crippen LogP contribution in [0.2, 0.25) is 5.02 Å². The predicted octanol–water partition coefficient (Wildman–Crippen LogP) is 4.25. The quantitative estimate of drug-likeness (QED) is 0.665. The first kappa shape index (κ1) is 24.1. The SMILES string of the molecule is CNC(=O)c1cc(Cl)cc(C)c1NC(=O)C1CC(C(F)(F)F)=NN1C1=NC(C)CC=C1Cl. The third kappa shape index (κ3) is 4.91. The number of amidine groups is 1. The molecule has 7 nitrogen and oxygen atoms in total. The summed E-state index contributed by atoms with van der Waals surface area (Å²) < 4.78 is 40.3. The van der Waals surface area contributed by atoms with Crippen LogP contribution in [0.15, 0.2) is 33.3 Å². The van der Waals surface area contributed by atoms with E-state index in [4.69, 9.17) is 23.2 Å². The number of alkyl halides is 3. The van der Waals surface area contributed by atoms with E-state index in [1.807, 2.05) is 0 Å². The summed E-state index contributed by atoms with van der Waals surface area (Å²) >= 11 is 12.2. The largest absolute Gasteiger partial charge is 0.431 e. The minimum Gasteiger partial charge on any atom is -0.355 e. The van der Waals surface area contributed by atoms with Gasteiger partial charge in [0.25, 0.3) is 5.91 Å². The lowest BCUT2D eigenvalue weighted by molar-refractivity contribution is -0.119. The van der Waals surface area contributed by atoms with Gasteiger partial charge in [-0.3, -0.25) is 14.6 Å². The van der Waals surface area contributed by atoms with Crippen molar-refractivity contribution in [1.82, 2.24) is 10.3 Å². The van der Waals surface area contributed by atoms with Crippen LogP contribution in [-0.2, 0) is 4.79 Å². The fourth-order valence-corrected chi connectivity index (χ4v) is 3.86. The third-order valence-corrected chi connectivity index (χ3v) is 5.51. The monoisotopic (exact) mass is 489 g/mol. The van der Waals surface area contributed by atoms with Crippen LogP contribution in [-0.4, -0.2) is 53.7 Å². The zero-order valence-corrected chi connectivity index (χ0v) is 18.9. The molecule has 2 amide bonds. The molecule has 0 saturated carbocycles. The molecule has 1 aromatic carbocycles. The number of carbonyl (C=O) groups is 2. The van der Waals surface area contributed by atoms with Crippen molar-refractivity contribution in [3.05, 3.63) is 39.4 Å². The van der Waals surface area contributed by atoms with Crippen molar-refractivity contribution in [2.75, 3.05) is 12.4 Å². The first-order chi connectivity index (χ1) is 14.9. The maximum Gasteiger partial charge on any atom is 0.431 e. The van der Waals surface area contributed by atoms with Crippen LogP contribution in [0, 0.1) is 6.92 Å². The summed E-state index contributed by atoms with van der Waals surface area (Å²) in [5, 5.41) is 9.93. The summed E-state index contributed by atoms with van der Waals surface area (Å²) in [5.74, 6) is -1.32. The Kier molecular flexibility index (Phi) is 6.85. The molecule has 1 aromatic rings. The molecule has 0 radical (unpaired) electrons. The number of hydrazone groups is 1. The molecule has 2 unspecified atom stereocenters. The zero-order valence-electron chi connectivity index (χ0n) is 17.3. The Morgan fingerprint density at radius 1 is 1.25 bits per heavy atom. The molecular weight excluding hydrogens is 470 g/mol. The second kappa shape index (κ2) is 9.11. The molecule has 32 heavy (non-hydrogen) atoms. The van der Waals surface area contributed by atoms with Crippen molar-refractivity contribution in [1.29, 1.82) is 0 Å². The third-order valence-electron chi connectivity index (χ3n) is 4.97. The number of nitrogens with one attached hydrogen (secondary N) is 2. The molecular formula is C20H20Cl2F3N5O2. The number of halogens is 5. The number of amides is 2. The van der Waals surface area contributed by atoms with Gasteiger partial charge in [-0.25, -0.2) is 5.01 Å². The lowest BCUT2D eigenvalue weighted by atomic mass is 10.0. The van der Waals surface area contributed by atoms with Crippen molar-refractivity contribution in [3.8, 4) is 0 Å². The number of carbonyl (C=O) groups excluding carboxylic acids is 2. The Hall–Kier alpha value is -2.59. The predicted molar refractivity (Wildman–Crippen MR) is 117 cm³/mol. The van der Waals surface area contributed by atoms with Gasteiger partial charge in [0.05, 0.1) is 22.3 Å². The second-order valence-corrected chi connectivity index (χ2v) is 8.26. The van der Waals surface area contributed by atoms with Crippen LogP contribution >= 0.6 is 23.2 Å². The highest BCUT2D eigenvalue weighted by atomic mass is 35.5. The number of aliphatic imine (C=N–C) groups is 1.